The van der Waals surface area contributed by atoms with Gasteiger partial charge in [0.15, 0.2) is 0 Å². The Morgan fingerprint density at radius 3 is 3.00 bits per heavy atom. The zero-order valence-electron chi connectivity index (χ0n) is 8.52. The third-order valence-electron chi connectivity index (χ3n) is 1.97. The first kappa shape index (κ1) is 11.6. The van der Waals surface area contributed by atoms with Gasteiger partial charge in [0.2, 0.25) is 0 Å². The van der Waals surface area contributed by atoms with Crippen molar-refractivity contribution in [2.45, 2.75) is 17.2 Å². The Hall–Kier alpha value is -0.910. The number of hydrogen-bond donors (Lipinski definition) is 1. The number of aromatic nitrogens is 1. The van der Waals surface area contributed by atoms with Gasteiger partial charge in [-0.1, -0.05) is 6.07 Å². The van der Waals surface area contributed by atoms with Gasteiger partial charge in [0.05, 0.1) is 11.4 Å². The van der Waals surface area contributed by atoms with E-state index < -0.39 is 0 Å². The number of nitrogens with zero attached hydrogens (tertiary/aromatic N) is 1. The lowest BCUT2D eigenvalue weighted by atomic mass is 10.4. The van der Waals surface area contributed by atoms with Crippen LogP contribution in [0.25, 0.3) is 0 Å². The summed E-state index contributed by atoms with van der Waals surface area (Å²) in [7, 11) is 0. The summed E-state index contributed by atoms with van der Waals surface area (Å²) in [6.45, 7) is 0.473. The average Bonchev–Trinajstić information content (AvgIpc) is 2.74. The van der Waals surface area contributed by atoms with Crippen LogP contribution in [0.2, 0.25) is 0 Å². The molecule has 16 heavy (non-hydrogen) atoms. The van der Waals surface area contributed by atoms with Crippen molar-refractivity contribution < 1.29 is 4.39 Å². The van der Waals surface area contributed by atoms with Crippen LogP contribution < -0.4 is 5.73 Å². The van der Waals surface area contributed by atoms with Gasteiger partial charge >= 0.3 is 0 Å². The lowest BCUT2D eigenvalue weighted by Gasteiger charge is -1.98. The molecule has 0 unspecified atom stereocenters. The number of halogens is 1. The molecule has 1 aromatic carbocycles. The molecule has 0 atom stereocenters. The summed E-state index contributed by atoms with van der Waals surface area (Å²) in [4.78, 5) is 5.27. The van der Waals surface area contributed by atoms with Crippen LogP contribution in [0.15, 0.2) is 34.5 Å². The van der Waals surface area contributed by atoms with Crippen LogP contribution in [0.5, 0.6) is 0 Å². The van der Waals surface area contributed by atoms with Gasteiger partial charge in [-0.25, -0.2) is 9.37 Å². The fourth-order valence-electron chi connectivity index (χ4n) is 1.21. The highest BCUT2D eigenvalue weighted by molar-refractivity contribution is 7.98. The van der Waals surface area contributed by atoms with Crippen LogP contribution in [0.4, 0.5) is 4.39 Å². The lowest BCUT2D eigenvalue weighted by Crippen LogP contribution is -1.96. The average molecular weight is 254 g/mol. The van der Waals surface area contributed by atoms with Crippen molar-refractivity contribution in [3.05, 3.63) is 46.2 Å². The second-order valence-electron chi connectivity index (χ2n) is 3.18. The Morgan fingerprint density at radius 2 is 2.31 bits per heavy atom. The molecule has 0 spiro atoms. The number of nitrogens with two attached hydrogens (primary N) is 1. The third kappa shape index (κ3) is 3.04. The van der Waals surface area contributed by atoms with E-state index in [9.17, 15) is 4.39 Å². The minimum absolute atomic E-state index is 0.202. The molecule has 0 bridgehead atoms. The third-order valence-corrected chi connectivity index (χ3v) is 4.05. The standard InChI is InChI=1S/C11H11FN2S2/c12-8-2-1-3-10(4-8)15-7-11-14-9(5-13)6-16-11/h1-4,6H,5,7,13H2. The summed E-state index contributed by atoms with van der Waals surface area (Å²) in [5, 5.41) is 2.98. The maximum absolute atomic E-state index is 12.9. The minimum Gasteiger partial charge on any atom is -0.325 e. The fourth-order valence-corrected chi connectivity index (χ4v) is 2.98. The predicted octanol–water partition coefficient (Wildman–Crippen LogP) is 3.03. The molecule has 2 rings (SSSR count). The van der Waals surface area contributed by atoms with Gasteiger partial charge in [0.1, 0.15) is 10.8 Å². The molecule has 0 amide bonds. The summed E-state index contributed by atoms with van der Waals surface area (Å²) >= 11 is 3.17. The van der Waals surface area contributed by atoms with E-state index in [1.807, 2.05) is 11.4 Å². The summed E-state index contributed by atoms with van der Waals surface area (Å²) in [5.41, 5.74) is 6.39. The van der Waals surface area contributed by atoms with E-state index in [0.717, 1.165) is 21.3 Å². The topological polar surface area (TPSA) is 38.9 Å². The van der Waals surface area contributed by atoms with E-state index in [2.05, 4.69) is 4.98 Å². The van der Waals surface area contributed by atoms with Gasteiger partial charge in [-0.15, -0.1) is 23.1 Å². The molecule has 0 aliphatic heterocycles. The molecule has 1 heterocycles. The zero-order chi connectivity index (χ0) is 11.4. The Balaban J connectivity index is 1.96. The first-order chi connectivity index (χ1) is 7.78. The molecule has 2 N–H and O–H groups in total. The molecular formula is C11H11FN2S2. The first-order valence-electron chi connectivity index (χ1n) is 4.79. The molecule has 2 aromatic rings. The Kier molecular flexibility index (Phi) is 3.93. The summed E-state index contributed by atoms with van der Waals surface area (Å²) in [6.07, 6.45) is 0. The highest BCUT2D eigenvalue weighted by atomic mass is 32.2. The maximum atomic E-state index is 12.9. The highest BCUT2D eigenvalue weighted by Gasteiger charge is 2.02. The van der Waals surface area contributed by atoms with Crippen molar-refractivity contribution in [3.8, 4) is 0 Å². The molecule has 0 fully saturated rings. The normalized spacial score (nSPS) is 10.6. The van der Waals surface area contributed by atoms with Crippen molar-refractivity contribution >= 4 is 23.1 Å². The van der Waals surface area contributed by atoms with Crippen LogP contribution >= 0.6 is 23.1 Å². The van der Waals surface area contributed by atoms with Gasteiger partial charge in [-0.2, -0.15) is 0 Å². The van der Waals surface area contributed by atoms with Crippen molar-refractivity contribution in [1.29, 1.82) is 0 Å². The first-order valence-corrected chi connectivity index (χ1v) is 6.66. The van der Waals surface area contributed by atoms with E-state index in [1.165, 1.54) is 12.1 Å². The maximum Gasteiger partial charge on any atom is 0.124 e. The summed E-state index contributed by atoms with van der Waals surface area (Å²) < 4.78 is 12.9. The minimum atomic E-state index is -0.202. The number of benzene rings is 1. The SMILES string of the molecule is NCc1csc(CSc2cccc(F)c2)n1. The van der Waals surface area contributed by atoms with Crippen LogP contribution in [-0.2, 0) is 12.3 Å². The van der Waals surface area contributed by atoms with E-state index in [4.69, 9.17) is 5.73 Å². The zero-order valence-corrected chi connectivity index (χ0v) is 10.2. The van der Waals surface area contributed by atoms with Crippen molar-refractivity contribution in [2.24, 2.45) is 5.73 Å². The van der Waals surface area contributed by atoms with Gasteiger partial charge in [-0.3, -0.25) is 0 Å². The fraction of sp³-hybridized carbons (Fsp3) is 0.182. The molecule has 0 aliphatic rings. The molecule has 1 aromatic heterocycles. The molecule has 0 aliphatic carbocycles. The molecule has 5 heteroatoms. The lowest BCUT2D eigenvalue weighted by molar-refractivity contribution is 0.624. The predicted molar refractivity (Wildman–Crippen MR) is 66.0 cm³/mol. The van der Waals surface area contributed by atoms with Gasteiger partial charge in [-0.05, 0) is 18.2 Å². The molecule has 0 saturated carbocycles. The van der Waals surface area contributed by atoms with Crippen LogP contribution in [0.1, 0.15) is 10.7 Å². The number of thiazole rings is 1. The van der Waals surface area contributed by atoms with E-state index in [-0.39, 0.29) is 5.82 Å². The molecule has 2 nitrogen and oxygen atoms in total. The summed E-state index contributed by atoms with van der Waals surface area (Å²) in [5.74, 6) is 0.556. The largest absolute Gasteiger partial charge is 0.325 e. The molecule has 84 valence electrons. The molecule has 0 saturated heterocycles. The van der Waals surface area contributed by atoms with Crippen LogP contribution in [0.3, 0.4) is 0 Å². The number of hydrogen-bond acceptors (Lipinski definition) is 4. The van der Waals surface area contributed by atoms with Crippen molar-refractivity contribution in [1.82, 2.24) is 4.98 Å². The van der Waals surface area contributed by atoms with E-state index in [0.29, 0.717) is 6.54 Å². The number of thioether (sulfide) groups is 1. The molecule has 0 radical (unpaired) electrons. The Labute approximate surface area is 102 Å². The van der Waals surface area contributed by atoms with Crippen LogP contribution in [0, 0.1) is 5.82 Å². The summed E-state index contributed by atoms with van der Waals surface area (Å²) in [6, 6.07) is 6.58. The Bertz CT molecular complexity index is 471. The van der Waals surface area contributed by atoms with E-state index in [1.54, 1.807) is 29.2 Å². The highest BCUT2D eigenvalue weighted by Crippen LogP contribution is 2.24. The van der Waals surface area contributed by atoms with Gasteiger partial charge in [0.25, 0.3) is 0 Å². The van der Waals surface area contributed by atoms with Gasteiger partial charge in [0, 0.05) is 16.8 Å². The monoisotopic (exact) mass is 254 g/mol. The second kappa shape index (κ2) is 5.43. The Morgan fingerprint density at radius 1 is 1.44 bits per heavy atom. The molecular weight excluding hydrogens is 243 g/mol. The van der Waals surface area contributed by atoms with Crippen molar-refractivity contribution in [3.63, 3.8) is 0 Å². The van der Waals surface area contributed by atoms with E-state index >= 15 is 0 Å². The number of rotatable bonds is 4. The van der Waals surface area contributed by atoms with Gasteiger partial charge < -0.3 is 5.73 Å². The quantitative estimate of drug-likeness (QED) is 0.852. The van der Waals surface area contributed by atoms with Crippen LogP contribution in [-0.4, -0.2) is 4.98 Å². The smallest absolute Gasteiger partial charge is 0.124 e. The second-order valence-corrected chi connectivity index (χ2v) is 5.17. The van der Waals surface area contributed by atoms with Crippen molar-refractivity contribution in [2.75, 3.05) is 0 Å².